The van der Waals surface area contributed by atoms with Gasteiger partial charge in [0.25, 0.3) is 0 Å². The molecule has 0 fully saturated rings. The Hall–Kier alpha value is -0.910. The number of alkyl halides is 3. The highest BCUT2D eigenvalue weighted by Gasteiger charge is 2.23. The van der Waals surface area contributed by atoms with Gasteiger partial charge in [-0.25, -0.2) is 0 Å². The smallest absolute Gasteiger partial charge is 0.159 e. The Labute approximate surface area is 69.5 Å². The minimum absolute atomic E-state index is 0.638. The van der Waals surface area contributed by atoms with Crippen LogP contribution in [-0.2, 0) is 0 Å². The summed E-state index contributed by atoms with van der Waals surface area (Å²) in [7, 11) is 0. The third kappa shape index (κ3) is 3.47. The van der Waals surface area contributed by atoms with E-state index in [-0.39, 0.29) is 0 Å². The van der Waals surface area contributed by atoms with Gasteiger partial charge in [-0.2, -0.15) is 13.2 Å². The quantitative estimate of drug-likeness (QED) is 0.495. The van der Waals surface area contributed by atoms with E-state index in [1.165, 1.54) is 5.92 Å². The highest BCUT2D eigenvalue weighted by Crippen LogP contribution is 2.18. The number of halogens is 3. The van der Waals surface area contributed by atoms with Crippen LogP contribution >= 0.6 is 0 Å². The number of rotatable bonds is 0. The van der Waals surface area contributed by atoms with Gasteiger partial charge in [0.15, 0.2) is 0 Å². The van der Waals surface area contributed by atoms with Crippen molar-refractivity contribution < 1.29 is 13.2 Å². The highest BCUT2D eigenvalue weighted by atomic mass is 19.4. The molecule has 0 spiro atoms. The van der Waals surface area contributed by atoms with Gasteiger partial charge in [0.1, 0.15) is 0 Å². The van der Waals surface area contributed by atoms with E-state index in [1.54, 1.807) is 6.08 Å². The second-order valence-corrected chi connectivity index (χ2v) is 2.72. The van der Waals surface area contributed by atoms with Crippen LogP contribution in [-0.4, -0.2) is 6.18 Å². The SMILES string of the molecule is FC(F)(F)C#CC1=CCCCC1. The lowest BCUT2D eigenvalue weighted by atomic mass is 10.0. The van der Waals surface area contributed by atoms with Crippen LogP contribution in [0.3, 0.4) is 0 Å². The summed E-state index contributed by atoms with van der Waals surface area (Å²) in [5, 5.41) is 0. The third-order valence-corrected chi connectivity index (χ3v) is 1.66. The predicted octanol–water partition coefficient (Wildman–Crippen LogP) is 3.05. The Morgan fingerprint density at radius 2 is 2.00 bits per heavy atom. The Bertz CT molecular complexity index is 237. The van der Waals surface area contributed by atoms with Gasteiger partial charge in [0, 0.05) is 5.92 Å². The summed E-state index contributed by atoms with van der Waals surface area (Å²) in [5.41, 5.74) is 0.638. The largest absolute Gasteiger partial charge is 0.458 e. The van der Waals surface area contributed by atoms with E-state index < -0.39 is 6.18 Å². The molecule has 12 heavy (non-hydrogen) atoms. The van der Waals surface area contributed by atoms with Crippen LogP contribution in [0.2, 0.25) is 0 Å². The molecule has 66 valence electrons. The van der Waals surface area contributed by atoms with E-state index in [1.807, 2.05) is 0 Å². The molecule has 0 amide bonds. The average Bonchev–Trinajstić information content (AvgIpc) is 2.02. The van der Waals surface area contributed by atoms with E-state index in [0.29, 0.717) is 12.0 Å². The average molecular weight is 174 g/mol. The van der Waals surface area contributed by atoms with Crippen molar-refractivity contribution in [1.29, 1.82) is 0 Å². The third-order valence-electron chi connectivity index (χ3n) is 1.66. The molecule has 3 heteroatoms. The lowest BCUT2D eigenvalue weighted by Gasteiger charge is -2.05. The minimum Gasteiger partial charge on any atom is -0.159 e. The maximum Gasteiger partial charge on any atom is 0.458 e. The van der Waals surface area contributed by atoms with Crippen molar-refractivity contribution in [3.05, 3.63) is 11.6 Å². The van der Waals surface area contributed by atoms with E-state index in [2.05, 4.69) is 5.92 Å². The highest BCUT2D eigenvalue weighted by molar-refractivity contribution is 5.30. The molecule has 1 aliphatic rings. The molecule has 0 N–H and O–H groups in total. The Morgan fingerprint density at radius 1 is 1.25 bits per heavy atom. The van der Waals surface area contributed by atoms with Crippen LogP contribution in [0.1, 0.15) is 25.7 Å². The van der Waals surface area contributed by atoms with Crippen LogP contribution in [0.15, 0.2) is 11.6 Å². The molecule has 0 aliphatic heterocycles. The van der Waals surface area contributed by atoms with Crippen LogP contribution in [0, 0.1) is 11.8 Å². The van der Waals surface area contributed by atoms with Crippen LogP contribution in [0.4, 0.5) is 13.2 Å². The topological polar surface area (TPSA) is 0 Å². The monoisotopic (exact) mass is 174 g/mol. The maximum atomic E-state index is 11.6. The normalized spacial score (nSPS) is 17.8. The van der Waals surface area contributed by atoms with Gasteiger partial charge in [-0.15, -0.1) is 0 Å². The van der Waals surface area contributed by atoms with Crippen LogP contribution < -0.4 is 0 Å². The summed E-state index contributed by atoms with van der Waals surface area (Å²) in [6, 6.07) is 0. The second-order valence-electron chi connectivity index (χ2n) is 2.72. The van der Waals surface area contributed by atoms with Crippen molar-refractivity contribution in [2.24, 2.45) is 0 Å². The zero-order valence-electron chi connectivity index (χ0n) is 6.54. The first-order chi connectivity index (χ1) is 5.58. The number of hydrogen-bond acceptors (Lipinski definition) is 0. The number of hydrogen-bond donors (Lipinski definition) is 0. The van der Waals surface area contributed by atoms with E-state index in [4.69, 9.17) is 0 Å². The van der Waals surface area contributed by atoms with Gasteiger partial charge in [0.2, 0.25) is 0 Å². The van der Waals surface area contributed by atoms with Crippen molar-refractivity contribution in [2.45, 2.75) is 31.9 Å². The van der Waals surface area contributed by atoms with Crippen LogP contribution in [0.25, 0.3) is 0 Å². The second kappa shape index (κ2) is 3.66. The van der Waals surface area contributed by atoms with Gasteiger partial charge in [-0.1, -0.05) is 12.0 Å². The van der Waals surface area contributed by atoms with E-state index in [0.717, 1.165) is 19.3 Å². The van der Waals surface area contributed by atoms with Crippen molar-refractivity contribution in [2.75, 3.05) is 0 Å². The fourth-order valence-corrected chi connectivity index (χ4v) is 1.10. The molecular formula is C9H9F3. The van der Waals surface area contributed by atoms with Crippen molar-refractivity contribution >= 4 is 0 Å². The predicted molar refractivity (Wildman–Crippen MR) is 40.4 cm³/mol. The standard InChI is InChI=1S/C9H9F3/c10-9(11,12)7-6-8-4-2-1-3-5-8/h4H,1-3,5H2. The summed E-state index contributed by atoms with van der Waals surface area (Å²) >= 11 is 0. The van der Waals surface area contributed by atoms with Gasteiger partial charge < -0.3 is 0 Å². The Kier molecular flexibility index (Phi) is 2.80. The molecule has 0 heterocycles. The number of allylic oxidation sites excluding steroid dienone is 2. The maximum absolute atomic E-state index is 11.6. The van der Waals surface area contributed by atoms with Gasteiger partial charge in [-0.3, -0.25) is 0 Å². The van der Waals surface area contributed by atoms with E-state index in [9.17, 15) is 13.2 Å². The first-order valence-corrected chi connectivity index (χ1v) is 3.87. The van der Waals surface area contributed by atoms with Crippen LogP contribution in [0.5, 0.6) is 0 Å². The summed E-state index contributed by atoms with van der Waals surface area (Å²) in [6.07, 6.45) is 1.03. The Balaban J connectivity index is 2.58. The summed E-state index contributed by atoms with van der Waals surface area (Å²) in [5.74, 6) is 3.42. The molecule has 0 atom stereocenters. The lowest BCUT2D eigenvalue weighted by Crippen LogP contribution is -2.02. The first-order valence-electron chi connectivity index (χ1n) is 3.87. The summed E-state index contributed by atoms with van der Waals surface area (Å²) < 4.78 is 34.8. The van der Waals surface area contributed by atoms with Crippen molar-refractivity contribution in [1.82, 2.24) is 0 Å². The lowest BCUT2D eigenvalue weighted by molar-refractivity contribution is -0.0696. The summed E-state index contributed by atoms with van der Waals surface area (Å²) in [4.78, 5) is 0. The molecule has 0 saturated carbocycles. The molecular weight excluding hydrogens is 165 g/mol. The minimum atomic E-state index is -4.35. The molecule has 0 aromatic heterocycles. The molecule has 0 radical (unpaired) electrons. The summed E-state index contributed by atoms with van der Waals surface area (Å²) in [6.45, 7) is 0. The molecule has 0 saturated heterocycles. The fraction of sp³-hybridized carbons (Fsp3) is 0.556. The first kappa shape index (κ1) is 9.18. The molecule has 0 aromatic rings. The Morgan fingerprint density at radius 3 is 2.50 bits per heavy atom. The van der Waals surface area contributed by atoms with E-state index >= 15 is 0 Å². The molecule has 0 aromatic carbocycles. The molecule has 1 rings (SSSR count). The zero-order chi connectivity index (χ0) is 9.03. The molecule has 0 nitrogen and oxygen atoms in total. The van der Waals surface area contributed by atoms with Crippen molar-refractivity contribution in [3.63, 3.8) is 0 Å². The fourth-order valence-electron chi connectivity index (χ4n) is 1.10. The van der Waals surface area contributed by atoms with Gasteiger partial charge in [0.05, 0.1) is 0 Å². The molecule has 0 bridgehead atoms. The zero-order valence-corrected chi connectivity index (χ0v) is 6.54. The van der Waals surface area contributed by atoms with Crippen molar-refractivity contribution in [3.8, 4) is 11.8 Å². The molecule has 0 unspecified atom stereocenters. The van der Waals surface area contributed by atoms with Gasteiger partial charge in [-0.05, 0) is 31.3 Å². The molecule has 1 aliphatic carbocycles. The van der Waals surface area contributed by atoms with Gasteiger partial charge >= 0.3 is 6.18 Å².